The van der Waals surface area contributed by atoms with Crippen molar-refractivity contribution in [1.82, 2.24) is 0 Å². The van der Waals surface area contributed by atoms with E-state index in [1.54, 1.807) is 53.7 Å². The highest BCUT2D eigenvalue weighted by atomic mass is 32.1. The number of amides is 2. The van der Waals surface area contributed by atoms with E-state index >= 15 is 0 Å². The minimum Gasteiger partial charge on any atom is -0.462 e. The summed E-state index contributed by atoms with van der Waals surface area (Å²) in [6.07, 6.45) is 0. The summed E-state index contributed by atoms with van der Waals surface area (Å²) in [6.45, 7) is 9.96. The molecule has 0 fully saturated rings. The maximum absolute atomic E-state index is 13.5. The van der Waals surface area contributed by atoms with E-state index in [0.29, 0.717) is 0 Å². The van der Waals surface area contributed by atoms with Gasteiger partial charge in [0.15, 0.2) is 0 Å². The molecule has 12 nitrogen and oxygen atoms in total. The van der Waals surface area contributed by atoms with E-state index in [2.05, 4.69) is 10.6 Å². The first-order chi connectivity index (χ1) is 21.0. The van der Waals surface area contributed by atoms with Crippen LogP contribution in [-0.4, -0.2) is 62.1 Å². The first-order valence-electron chi connectivity index (χ1n) is 13.7. The second-order valence-electron chi connectivity index (χ2n) is 8.86. The van der Waals surface area contributed by atoms with E-state index in [0.717, 1.165) is 22.7 Å². The van der Waals surface area contributed by atoms with Crippen LogP contribution in [0.5, 0.6) is 0 Å². The standard InChI is InChI=1S/C30H32N2O10S2/c1-7-39-27(35)19-15(5)21(29(37)41-9-3)43-25(19)31-23(33)17-13-11-12-14-18(17)24(34)32-26-20(28(36)40-8-2)16(6)22(44-26)30(38)42-10-4/h11-14H,7-10H2,1-6H3,(H,31,33)(H,32,34). The maximum Gasteiger partial charge on any atom is 0.348 e. The molecule has 0 saturated carbocycles. The van der Waals surface area contributed by atoms with Gasteiger partial charge in [-0.3, -0.25) is 9.59 Å². The van der Waals surface area contributed by atoms with Crippen LogP contribution < -0.4 is 10.6 Å². The van der Waals surface area contributed by atoms with Gasteiger partial charge in [0, 0.05) is 0 Å². The molecule has 0 atom stereocenters. The summed E-state index contributed by atoms with van der Waals surface area (Å²) >= 11 is 1.70. The van der Waals surface area contributed by atoms with Gasteiger partial charge in [-0.1, -0.05) is 12.1 Å². The van der Waals surface area contributed by atoms with Gasteiger partial charge in [-0.2, -0.15) is 0 Å². The molecule has 3 aromatic rings. The van der Waals surface area contributed by atoms with Crippen molar-refractivity contribution in [3.63, 3.8) is 0 Å². The fourth-order valence-electron chi connectivity index (χ4n) is 4.10. The van der Waals surface area contributed by atoms with Gasteiger partial charge >= 0.3 is 23.9 Å². The number of nitrogens with one attached hydrogen (secondary N) is 2. The molecule has 2 aromatic heterocycles. The molecule has 234 valence electrons. The topological polar surface area (TPSA) is 163 Å². The lowest BCUT2D eigenvalue weighted by molar-refractivity contribution is 0.0510. The minimum atomic E-state index is -0.752. The van der Waals surface area contributed by atoms with Crippen molar-refractivity contribution in [1.29, 1.82) is 0 Å². The van der Waals surface area contributed by atoms with Crippen molar-refractivity contribution in [2.24, 2.45) is 0 Å². The van der Waals surface area contributed by atoms with E-state index in [9.17, 15) is 28.8 Å². The van der Waals surface area contributed by atoms with Gasteiger partial charge in [-0.15, -0.1) is 22.7 Å². The van der Waals surface area contributed by atoms with Crippen LogP contribution in [0.1, 0.15) is 99.6 Å². The smallest absolute Gasteiger partial charge is 0.348 e. The highest BCUT2D eigenvalue weighted by molar-refractivity contribution is 7.19. The second kappa shape index (κ2) is 15.3. The van der Waals surface area contributed by atoms with Crippen LogP contribution in [-0.2, 0) is 18.9 Å². The maximum atomic E-state index is 13.5. The Labute approximate surface area is 261 Å². The Balaban J connectivity index is 2.00. The second-order valence-corrected chi connectivity index (χ2v) is 10.9. The van der Waals surface area contributed by atoms with Crippen molar-refractivity contribution in [3.8, 4) is 0 Å². The Morgan fingerprint density at radius 1 is 0.568 bits per heavy atom. The van der Waals surface area contributed by atoms with Crippen LogP contribution in [0.4, 0.5) is 10.0 Å². The molecule has 2 N–H and O–H groups in total. The van der Waals surface area contributed by atoms with Gasteiger partial charge in [0.1, 0.15) is 19.8 Å². The van der Waals surface area contributed by atoms with Gasteiger partial charge in [-0.25, -0.2) is 19.2 Å². The monoisotopic (exact) mass is 644 g/mol. The van der Waals surface area contributed by atoms with Crippen LogP contribution in [0.25, 0.3) is 0 Å². The summed E-state index contributed by atoms with van der Waals surface area (Å²) in [5.41, 5.74) is 0.417. The summed E-state index contributed by atoms with van der Waals surface area (Å²) in [6, 6.07) is 5.88. The Hall–Kier alpha value is -4.56. The fraction of sp³-hybridized carbons (Fsp3) is 0.333. The molecule has 0 aliphatic heterocycles. The summed E-state index contributed by atoms with van der Waals surface area (Å²) in [5.74, 6) is -4.31. The van der Waals surface area contributed by atoms with E-state index in [1.165, 1.54) is 12.1 Å². The average Bonchev–Trinajstić information content (AvgIpc) is 3.49. The number of carbonyl (C=O) groups is 6. The van der Waals surface area contributed by atoms with Crippen LogP contribution >= 0.6 is 22.7 Å². The molecule has 2 amide bonds. The Morgan fingerprint density at radius 2 is 0.886 bits per heavy atom. The molecular formula is C30H32N2O10S2. The Bertz CT molecular complexity index is 1490. The third kappa shape index (κ3) is 7.32. The highest BCUT2D eigenvalue weighted by Crippen LogP contribution is 2.36. The average molecular weight is 645 g/mol. The largest absolute Gasteiger partial charge is 0.462 e. The fourth-order valence-corrected chi connectivity index (χ4v) is 6.27. The summed E-state index contributed by atoms with van der Waals surface area (Å²) in [4.78, 5) is 77.9. The predicted octanol–water partition coefficient (Wildman–Crippen LogP) is 5.64. The normalized spacial score (nSPS) is 10.5. The molecule has 0 radical (unpaired) electrons. The van der Waals surface area contributed by atoms with Crippen LogP contribution in [0.3, 0.4) is 0 Å². The number of thiophene rings is 2. The summed E-state index contributed by atoms with van der Waals surface area (Å²) in [7, 11) is 0. The number of esters is 4. The quantitative estimate of drug-likeness (QED) is 0.186. The first kappa shape index (κ1) is 33.9. The lowest BCUT2D eigenvalue weighted by Gasteiger charge is -2.11. The number of hydrogen-bond donors (Lipinski definition) is 2. The van der Waals surface area contributed by atoms with Crippen LogP contribution in [0.15, 0.2) is 24.3 Å². The zero-order valence-corrected chi connectivity index (χ0v) is 26.7. The van der Waals surface area contributed by atoms with Gasteiger partial charge < -0.3 is 29.6 Å². The Kier molecular flexibility index (Phi) is 11.8. The minimum absolute atomic E-state index is 0.00480. The van der Waals surface area contributed by atoms with Gasteiger partial charge in [-0.05, 0) is 64.8 Å². The number of rotatable bonds is 12. The number of hydrogen-bond acceptors (Lipinski definition) is 12. The molecule has 0 aliphatic carbocycles. The van der Waals surface area contributed by atoms with Gasteiger partial charge in [0.05, 0.1) is 48.7 Å². The molecule has 0 unspecified atom stereocenters. The molecule has 2 heterocycles. The number of benzene rings is 1. The predicted molar refractivity (Wildman–Crippen MR) is 164 cm³/mol. The number of carbonyl (C=O) groups excluding carboxylic acids is 6. The molecular weight excluding hydrogens is 612 g/mol. The van der Waals surface area contributed by atoms with Crippen molar-refractivity contribution < 1.29 is 47.7 Å². The van der Waals surface area contributed by atoms with E-state index in [1.807, 2.05) is 0 Å². The zero-order chi connectivity index (χ0) is 32.6. The van der Waals surface area contributed by atoms with Crippen molar-refractivity contribution in [3.05, 3.63) is 67.4 Å². The molecule has 3 rings (SSSR count). The molecule has 0 bridgehead atoms. The number of anilines is 2. The lowest BCUT2D eigenvalue weighted by Crippen LogP contribution is -2.21. The molecule has 0 aliphatic rings. The van der Waals surface area contributed by atoms with E-state index < -0.39 is 35.7 Å². The molecule has 0 saturated heterocycles. The lowest BCUT2D eigenvalue weighted by atomic mass is 10.1. The van der Waals surface area contributed by atoms with E-state index in [4.69, 9.17) is 18.9 Å². The van der Waals surface area contributed by atoms with Gasteiger partial charge in [0.2, 0.25) is 0 Å². The van der Waals surface area contributed by atoms with Crippen LogP contribution in [0, 0.1) is 13.8 Å². The molecule has 14 heteroatoms. The summed E-state index contributed by atoms with van der Waals surface area (Å²) in [5, 5.41) is 5.35. The SMILES string of the molecule is CCOC(=O)c1sc(NC(=O)c2ccccc2C(=O)Nc2sc(C(=O)OCC)c(C)c2C(=O)OCC)c(C(=O)OCC)c1C. The van der Waals surface area contributed by atoms with Crippen LogP contribution in [0.2, 0.25) is 0 Å². The van der Waals surface area contributed by atoms with Crippen molar-refractivity contribution in [2.75, 3.05) is 37.1 Å². The first-order valence-corrected chi connectivity index (χ1v) is 15.3. The number of ether oxygens (including phenoxy) is 4. The molecule has 0 spiro atoms. The van der Waals surface area contributed by atoms with Crippen molar-refractivity contribution >= 4 is 68.4 Å². The highest BCUT2D eigenvalue weighted by Gasteiger charge is 2.30. The van der Waals surface area contributed by atoms with E-state index in [-0.39, 0.29) is 79.6 Å². The third-order valence-electron chi connectivity index (χ3n) is 6.04. The Morgan fingerprint density at radius 3 is 1.20 bits per heavy atom. The van der Waals surface area contributed by atoms with Gasteiger partial charge in [0.25, 0.3) is 11.8 Å². The molecule has 44 heavy (non-hydrogen) atoms. The third-order valence-corrected chi connectivity index (χ3v) is 8.42. The summed E-state index contributed by atoms with van der Waals surface area (Å²) < 4.78 is 20.5. The molecule has 1 aromatic carbocycles. The van der Waals surface area contributed by atoms with Crippen molar-refractivity contribution in [2.45, 2.75) is 41.5 Å². The zero-order valence-electron chi connectivity index (χ0n) is 25.0.